The predicted molar refractivity (Wildman–Crippen MR) is 148 cm³/mol. The zero-order chi connectivity index (χ0) is 24.7. The van der Waals surface area contributed by atoms with Gasteiger partial charge in [-0.05, 0) is 104 Å². The number of anilines is 1. The Morgan fingerprint density at radius 2 is 1.57 bits per heavy atom. The van der Waals surface area contributed by atoms with Gasteiger partial charge in [0.15, 0.2) is 5.11 Å². The van der Waals surface area contributed by atoms with E-state index in [1.165, 1.54) is 37.7 Å². The van der Waals surface area contributed by atoms with Crippen molar-refractivity contribution in [3.63, 3.8) is 0 Å². The van der Waals surface area contributed by atoms with Crippen LogP contribution in [0.4, 0.5) is 5.69 Å². The highest BCUT2D eigenvalue weighted by Crippen LogP contribution is 2.34. The fraction of sp³-hybridized carbons (Fsp3) is 0.310. The van der Waals surface area contributed by atoms with Crippen molar-refractivity contribution in [2.45, 2.75) is 51.9 Å². The molecule has 2 fully saturated rings. The van der Waals surface area contributed by atoms with Crippen LogP contribution in [0.1, 0.15) is 60.5 Å². The zero-order valence-electron chi connectivity index (χ0n) is 20.4. The van der Waals surface area contributed by atoms with Crippen molar-refractivity contribution >= 4 is 46.6 Å². The number of benzene rings is 2. The number of carbonyl (C=O) groups excluding carboxylic acids is 1. The first-order valence-corrected chi connectivity index (χ1v) is 13.0. The second kappa shape index (κ2) is 9.63. The van der Waals surface area contributed by atoms with Gasteiger partial charge in [-0.15, -0.1) is 0 Å². The fourth-order valence-corrected chi connectivity index (χ4v) is 5.80. The molecule has 0 bridgehead atoms. The van der Waals surface area contributed by atoms with Crippen LogP contribution in [-0.2, 0) is 4.79 Å². The van der Waals surface area contributed by atoms with Gasteiger partial charge in [0.25, 0.3) is 5.91 Å². The lowest BCUT2D eigenvalue weighted by atomic mass is 9.84. The van der Waals surface area contributed by atoms with Crippen molar-refractivity contribution in [1.29, 1.82) is 0 Å². The number of aryl methyl sites for hydroxylation is 1. The number of aromatic nitrogens is 1. The first kappa shape index (κ1) is 23.8. The summed E-state index contributed by atoms with van der Waals surface area (Å²) in [5.41, 5.74) is 7.10. The quantitative estimate of drug-likeness (QED) is 0.274. The lowest BCUT2D eigenvalue weighted by Gasteiger charge is -2.22. The van der Waals surface area contributed by atoms with E-state index in [9.17, 15) is 4.79 Å². The lowest BCUT2D eigenvalue weighted by Crippen LogP contribution is -2.31. The molecule has 180 valence electrons. The maximum absolute atomic E-state index is 13.4. The molecule has 1 aliphatic carbocycles. The van der Waals surface area contributed by atoms with E-state index in [1.54, 1.807) is 21.9 Å². The molecule has 0 radical (unpaired) electrons. The monoisotopic (exact) mass is 503 g/mol. The van der Waals surface area contributed by atoms with Crippen molar-refractivity contribution in [3.05, 3.63) is 87.8 Å². The van der Waals surface area contributed by atoms with E-state index in [4.69, 9.17) is 23.8 Å². The van der Waals surface area contributed by atoms with E-state index in [0.29, 0.717) is 27.4 Å². The molecule has 0 spiro atoms. The van der Waals surface area contributed by atoms with Gasteiger partial charge in [-0.1, -0.05) is 43.0 Å². The van der Waals surface area contributed by atoms with Gasteiger partial charge in [0.1, 0.15) is 5.70 Å². The maximum atomic E-state index is 13.4. The normalized spacial score (nSPS) is 18.2. The van der Waals surface area contributed by atoms with Crippen molar-refractivity contribution in [2.24, 2.45) is 0 Å². The van der Waals surface area contributed by atoms with Crippen LogP contribution in [0.15, 0.2) is 60.3 Å². The Morgan fingerprint density at radius 3 is 2.23 bits per heavy atom. The molecule has 0 atom stereocenters. The van der Waals surface area contributed by atoms with Crippen molar-refractivity contribution in [2.75, 3.05) is 11.9 Å². The number of amides is 1. The molecule has 6 heteroatoms. The van der Waals surface area contributed by atoms with Crippen molar-refractivity contribution in [3.8, 4) is 5.69 Å². The second-order valence-electron chi connectivity index (χ2n) is 9.58. The van der Waals surface area contributed by atoms with Crippen molar-refractivity contribution < 1.29 is 4.79 Å². The Labute approximate surface area is 217 Å². The number of hydrogen-bond acceptors (Lipinski definition) is 2. The maximum Gasteiger partial charge on any atom is 0.281 e. The zero-order valence-corrected chi connectivity index (χ0v) is 22.0. The molecule has 5 rings (SSSR count). The summed E-state index contributed by atoms with van der Waals surface area (Å²) >= 11 is 11.6. The Hall–Kier alpha value is -2.89. The topological polar surface area (TPSA) is 28.5 Å². The first-order valence-electron chi connectivity index (χ1n) is 12.2. The summed E-state index contributed by atoms with van der Waals surface area (Å²) in [6, 6.07) is 18.3. The van der Waals surface area contributed by atoms with Crippen LogP contribution >= 0.6 is 23.8 Å². The Morgan fingerprint density at radius 1 is 0.943 bits per heavy atom. The second-order valence-corrected chi connectivity index (χ2v) is 10.4. The van der Waals surface area contributed by atoms with Gasteiger partial charge in [-0.2, -0.15) is 0 Å². The SMILES string of the molecule is Cc1cc(/C=C2/C(=O)N(c3ccc(Cl)cc3)C(=S)N2C)c(C)n1-c1ccc(C2CCCCC2)cc1. The number of thiocarbonyl (C=S) groups is 1. The van der Waals surface area contributed by atoms with Gasteiger partial charge in [0, 0.05) is 29.1 Å². The molecule has 1 saturated carbocycles. The molecule has 4 nitrogen and oxygen atoms in total. The number of likely N-dealkylation sites (N-methyl/N-ethyl adjacent to an activating group) is 1. The van der Waals surface area contributed by atoms with Gasteiger partial charge in [0.2, 0.25) is 0 Å². The number of halogens is 1. The molecule has 3 aromatic rings. The molecule has 0 N–H and O–H groups in total. The van der Waals surface area contributed by atoms with Crippen LogP contribution < -0.4 is 4.90 Å². The summed E-state index contributed by atoms with van der Waals surface area (Å²) in [5, 5.41) is 1.07. The molecule has 1 aliphatic heterocycles. The van der Waals surface area contributed by atoms with Gasteiger partial charge in [-0.25, -0.2) is 0 Å². The molecule has 1 saturated heterocycles. The number of carbonyl (C=O) groups is 1. The summed E-state index contributed by atoms with van der Waals surface area (Å²) in [6.07, 6.45) is 8.59. The van der Waals surface area contributed by atoms with Gasteiger partial charge in [0.05, 0.1) is 5.69 Å². The van der Waals surface area contributed by atoms with E-state index in [2.05, 4.69) is 48.7 Å². The highest BCUT2D eigenvalue weighted by molar-refractivity contribution is 7.80. The molecule has 1 aromatic heterocycles. The largest absolute Gasteiger partial charge is 0.318 e. The molecular weight excluding hydrogens is 474 g/mol. The standard InChI is InChI=1S/C29H30ClN3OS/c1-19-17-23(18-27-28(34)33(29(35)31(27)3)26-15-11-24(30)12-16-26)20(2)32(19)25-13-9-22(10-14-25)21-7-5-4-6-8-21/h9-18,21H,4-8H2,1-3H3/b27-18-. The summed E-state index contributed by atoms with van der Waals surface area (Å²) in [4.78, 5) is 16.7. The third-order valence-corrected chi connectivity index (χ3v) is 8.05. The molecule has 2 aromatic carbocycles. The Kier molecular flexibility index (Phi) is 6.56. The average Bonchev–Trinajstić information content (AvgIpc) is 3.27. The van der Waals surface area contributed by atoms with E-state index < -0.39 is 0 Å². The van der Waals surface area contributed by atoms with E-state index >= 15 is 0 Å². The van der Waals surface area contributed by atoms with Crippen LogP contribution in [-0.4, -0.2) is 27.5 Å². The summed E-state index contributed by atoms with van der Waals surface area (Å²) < 4.78 is 2.26. The minimum absolute atomic E-state index is 0.138. The van der Waals surface area contributed by atoms with Crippen LogP contribution in [0.2, 0.25) is 5.02 Å². The third-order valence-electron chi connectivity index (χ3n) is 7.34. The number of rotatable bonds is 4. The van der Waals surface area contributed by atoms with Crippen LogP contribution in [0.25, 0.3) is 11.8 Å². The minimum atomic E-state index is -0.138. The highest BCUT2D eigenvalue weighted by atomic mass is 35.5. The fourth-order valence-electron chi connectivity index (χ4n) is 5.38. The van der Waals surface area contributed by atoms with E-state index in [-0.39, 0.29) is 5.91 Å². The lowest BCUT2D eigenvalue weighted by molar-refractivity contribution is -0.114. The highest BCUT2D eigenvalue weighted by Gasteiger charge is 2.37. The van der Waals surface area contributed by atoms with Crippen molar-refractivity contribution in [1.82, 2.24) is 9.47 Å². The van der Waals surface area contributed by atoms with Crippen LogP contribution in [0, 0.1) is 13.8 Å². The minimum Gasteiger partial charge on any atom is -0.318 e. The molecular formula is C29H30ClN3OS. The molecule has 1 amide bonds. The number of hydrogen-bond donors (Lipinski definition) is 0. The Bertz CT molecular complexity index is 1300. The summed E-state index contributed by atoms with van der Waals surface area (Å²) in [5.74, 6) is 0.558. The molecule has 2 heterocycles. The van der Waals surface area contributed by atoms with Gasteiger partial charge < -0.3 is 9.47 Å². The van der Waals surface area contributed by atoms with E-state index in [0.717, 1.165) is 22.6 Å². The molecule has 35 heavy (non-hydrogen) atoms. The molecule has 2 aliphatic rings. The number of nitrogens with zero attached hydrogens (tertiary/aromatic N) is 3. The first-order chi connectivity index (χ1) is 16.8. The van der Waals surface area contributed by atoms with E-state index in [1.807, 2.05) is 25.3 Å². The average molecular weight is 504 g/mol. The third kappa shape index (κ3) is 4.43. The van der Waals surface area contributed by atoms with Crippen LogP contribution in [0.3, 0.4) is 0 Å². The van der Waals surface area contributed by atoms with Gasteiger partial charge in [-0.3, -0.25) is 9.69 Å². The predicted octanol–water partition coefficient (Wildman–Crippen LogP) is 7.40. The smallest absolute Gasteiger partial charge is 0.281 e. The summed E-state index contributed by atoms with van der Waals surface area (Å²) in [6.45, 7) is 4.21. The van der Waals surface area contributed by atoms with Gasteiger partial charge >= 0.3 is 0 Å². The van der Waals surface area contributed by atoms with Crippen LogP contribution in [0.5, 0.6) is 0 Å². The summed E-state index contributed by atoms with van der Waals surface area (Å²) in [7, 11) is 1.84. The Balaban J connectivity index is 1.44. The molecule has 0 unspecified atom stereocenters.